The number of benzene rings is 1. The number of likely N-dealkylation sites (tertiary alicyclic amines) is 1. The SMILES string of the molecule is COc1ccc(CNC(=O)CNC(=O)NC2CCN(C(=O)C(C)C)CC2)cc1. The lowest BCUT2D eigenvalue weighted by molar-refractivity contribution is -0.135. The number of nitrogens with one attached hydrogen (secondary N) is 3. The first-order valence-corrected chi connectivity index (χ1v) is 9.61. The minimum atomic E-state index is -0.367. The van der Waals surface area contributed by atoms with Gasteiger partial charge in [0.05, 0.1) is 13.7 Å². The standard InChI is InChI=1S/C20H30N4O4/c1-14(2)19(26)24-10-8-16(9-11-24)23-20(27)22-13-18(25)21-12-15-4-6-17(28-3)7-5-15/h4-7,14,16H,8-13H2,1-3H3,(H,21,25)(H2,22,23,27). The summed E-state index contributed by atoms with van der Waals surface area (Å²) in [5.74, 6) is 0.636. The molecule has 0 aliphatic carbocycles. The monoisotopic (exact) mass is 390 g/mol. The van der Waals surface area contributed by atoms with Crippen molar-refractivity contribution >= 4 is 17.8 Å². The van der Waals surface area contributed by atoms with Gasteiger partial charge in [-0.25, -0.2) is 4.79 Å². The van der Waals surface area contributed by atoms with Crippen LogP contribution in [0, 0.1) is 5.92 Å². The molecule has 2 rings (SSSR count). The van der Waals surface area contributed by atoms with Gasteiger partial charge >= 0.3 is 6.03 Å². The van der Waals surface area contributed by atoms with Crippen LogP contribution in [0.25, 0.3) is 0 Å². The molecule has 8 nitrogen and oxygen atoms in total. The quantitative estimate of drug-likeness (QED) is 0.653. The fourth-order valence-electron chi connectivity index (χ4n) is 3.01. The van der Waals surface area contributed by atoms with Crippen molar-refractivity contribution in [1.82, 2.24) is 20.9 Å². The molecule has 1 aromatic carbocycles. The molecule has 0 aromatic heterocycles. The minimum absolute atomic E-state index is 0.00997. The summed E-state index contributed by atoms with van der Waals surface area (Å²) in [6.45, 7) is 5.36. The van der Waals surface area contributed by atoms with Crippen molar-refractivity contribution in [3.63, 3.8) is 0 Å². The number of hydrogen-bond donors (Lipinski definition) is 3. The Labute approximate surface area is 166 Å². The number of urea groups is 1. The van der Waals surface area contributed by atoms with Crippen molar-refractivity contribution in [2.45, 2.75) is 39.3 Å². The molecule has 28 heavy (non-hydrogen) atoms. The van der Waals surface area contributed by atoms with E-state index in [-0.39, 0.29) is 36.3 Å². The lowest BCUT2D eigenvalue weighted by Gasteiger charge is -2.33. The van der Waals surface area contributed by atoms with Gasteiger partial charge < -0.3 is 25.6 Å². The number of carbonyl (C=O) groups is 3. The van der Waals surface area contributed by atoms with Gasteiger partial charge in [-0.05, 0) is 30.5 Å². The highest BCUT2D eigenvalue weighted by Crippen LogP contribution is 2.13. The van der Waals surface area contributed by atoms with E-state index in [2.05, 4.69) is 16.0 Å². The molecule has 1 fully saturated rings. The molecule has 1 aliphatic rings. The van der Waals surface area contributed by atoms with E-state index in [0.717, 1.165) is 24.2 Å². The van der Waals surface area contributed by atoms with Crippen molar-refractivity contribution in [3.8, 4) is 5.75 Å². The Morgan fingerprint density at radius 1 is 1.11 bits per heavy atom. The van der Waals surface area contributed by atoms with Gasteiger partial charge in [-0.3, -0.25) is 9.59 Å². The third-order valence-electron chi connectivity index (χ3n) is 4.69. The summed E-state index contributed by atoms with van der Waals surface area (Å²) in [6, 6.07) is 7.04. The highest BCUT2D eigenvalue weighted by Gasteiger charge is 2.25. The average molecular weight is 390 g/mol. The predicted octanol–water partition coefficient (Wildman–Crippen LogP) is 1.26. The van der Waals surface area contributed by atoms with E-state index in [1.807, 2.05) is 43.0 Å². The molecule has 3 N–H and O–H groups in total. The summed E-state index contributed by atoms with van der Waals surface area (Å²) in [5.41, 5.74) is 0.946. The number of amides is 4. The van der Waals surface area contributed by atoms with Crippen molar-refractivity contribution < 1.29 is 19.1 Å². The Kier molecular flexibility index (Phi) is 8.10. The largest absolute Gasteiger partial charge is 0.497 e. The number of piperidine rings is 1. The predicted molar refractivity (Wildman–Crippen MR) is 106 cm³/mol. The van der Waals surface area contributed by atoms with E-state index < -0.39 is 0 Å². The van der Waals surface area contributed by atoms with Crippen LogP contribution < -0.4 is 20.7 Å². The highest BCUT2D eigenvalue weighted by molar-refractivity contribution is 5.84. The van der Waals surface area contributed by atoms with Gasteiger partial charge in [0.1, 0.15) is 5.75 Å². The Hall–Kier alpha value is -2.77. The molecule has 0 unspecified atom stereocenters. The highest BCUT2D eigenvalue weighted by atomic mass is 16.5. The molecule has 0 atom stereocenters. The third kappa shape index (κ3) is 6.75. The molecule has 0 radical (unpaired) electrons. The lowest BCUT2D eigenvalue weighted by atomic mass is 10.0. The number of carbonyl (C=O) groups excluding carboxylic acids is 3. The molecular formula is C20H30N4O4. The molecule has 1 heterocycles. The van der Waals surface area contributed by atoms with Crippen LogP contribution in [0.3, 0.4) is 0 Å². The van der Waals surface area contributed by atoms with E-state index in [0.29, 0.717) is 19.6 Å². The molecule has 1 saturated heterocycles. The normalized spacial score (nSPS) is 14.5. The van der Waals surface area contributed by atoms with Crippen molar-refractivity contribution in [1.29, 1.82) is 0 Å². The number of methoxy groups -OCH3 is 1. The van der Waals surface area contributed by atoms with Gasteiger partial charge in [0, 0.05) is 31.6 Å². The van der Waals surface area contributed by atoms with Crippen LogP contribution in [0.5, 0.6) is 5.75 Å². The first kappa shape index (κ1) is 21.5. The van der Waals surface area contributed by atoms with Crippen LogP contribution in [0.1, 0.15) is 32.3 Å². The topological polar surface area (TPSA) is 99.8 Å². The van der Waals surface area contributed by atoms with Gasteiger partial charge in [0.25, 0.3) is 0 Å². The van der Waals surface area contributed by atoms with Crippen LogP contribution >= 0.6 is 0 Å². The maximum Gasteiger partial charge on any atom is 0.315 e. The zero-order valence-corrected chi connectivity index (χ0v) is 16.8. The van der Waals surface area contributed by atoms with E-state index in [4.69, 9.17) is 4.74 Å². The summed E-state index contributed by atoms with van der Waals surface area (Å²) >= 11 is 0. The maximum absolute atomic E-state index is 12.0. The second-order valence-corrected chi connectivity index (χ2v) is 7.21. The van der Waals surface area contributed by atoms with Crippen molar-refractivity contribution in [3.05, 3.63) is 29.8 Å². The van der Waals surface area contributed by atoms with Crippen molar-refractivity contribution in [2.75, 3.05) is 26.7 Å². The van der Waals surface area contributed by atoms with E-state index >= 15 is 0 Å². The number of nitrogens with zero attached hydrogens (tertiary/aromatic N) is 1. The molecule has 1 aromatic rings. The molecule has 0 saturated carbocycles. The van der Waals surface area contributed by atoms with Crippen LogP contribution in [-0.2, 0) is 16.1 Å². The molecule has 154 valence electrons. The minimum Gasteiger partial charge on any atom is -0.497 e. The Morgan fingerprint density at radius 2 is 1.75 bits per heavy atom. The molecule has 8 heteroatoms. The van der Waals surface area contributed by atoms with Crippen LogP contribution in [-0.4, -0.2) is 55.5 Å². The summed E-state index contributed by atoms with van der Waals surface area (Å²) in [7, 11) is 1.60. The maximum atomic E-state index is 12.0. The summed E-state index contributed by atoms with van der Waals surface area (Å²) in [4.78, 5) is 37.7. The molecule has 0 bridgehead atoms. The van der Waals surface area contributed by atoms with Gasteiger partial charge in [-0.1, -0.05) is 26.0 Å². The Balaban J connectivity index is 1.62. The fourth-order valence-corrected chi connectivity index (χ4v) is 3.01. The molecular weight excluding hydrogens is 360 g/mol. The Morgan fingerprint density at radius 3 is 2.32 bits per heavy atom. The zero-order valence-electron chi connectivity index (χ0n) is 16.8. The summed E-state index contributed by atoms with van der Waals surface area (Å²) in [5, 5.41) is 8.20. The van der Waals surface area contributed by atoms with E-state index in [9.17, 15) is 14.4 Å². The Bertz CT molecular complexity index is 667. The number of rotatable bonds is 7. The molecule has 0 spiro atoms. The van der Waals surface area contributed by atoms with Crippen LogP contribution in [0.4, 0.5) is 4.79 Å². The van der Waals surface area contributed by atoms with Gasteiger partial charge in [-0.2, -0.15) is 0 Å². The summed E-state index contributed by atoms with van der Waals surface area (Å²) in [6.07, 6.45) is 1.44. The smallest absolute Gasteiger partial charge is 0.315 e. The lowest BCUT2D eigenvalue weighted by Crippen LogP contribution is -2.50. The number of hydrogen-bond acceptors (Lipinski definition) is 4. The summed E-state index contributed by atoms with van der Waals surface area (Å²) < 4.78 is 5.09. The van der Waals surface area contributed by atoms with Gasteiger partial charge in [-0.15, -0.1) is 0 Å². The average Bonchev–Trinajstić information content (AvgIpc) is 2.71. The second kappa shape index (κ2) is 10.5. The first-order valence-electron chi connectivity index (χ1n) is 9.61. The van der Waals surface area contributed by atoms with E-state index in [1.54, 1.807) is 7.11 Å². The van der Waals surface area contributed by atoms with Crippen LogP contribution in [0.2, 0.25) is 0 Å². The fraction of sp³-hybridized carbons (Fsp3) is 0.550. The first-order chi connectivity index (χ1) is 13.4. The van der Waals surface area contributed by atoms with Crippen LogP contribution in [0.15, 0.2) is 24.3 Å². The van der Waals surface area contributed by atoms with Crippen molar-refractivity contribution in [2.24, 2.45) is 5.92 Å². The zero-order chi connectivity index (χ0) is 20.5. The second-order valence-electron chi connectivity index (χ2n) is 7.21. The van der Waals surface area contributed by atoms with Gasteiger partial charge in [0.15, 0.2) is 0 Å². The van der Waals surface area contributed by atoms with Gasteiger partial charge in [0.2, 0.25) is 11.8 Å². The number of ether oxygens (including phenoxy) is 1. The molecule has 4 amide bonds. The third-order valence-corrected chi connectivity index (χ3v) is 4.69. The van der Waals surface area contributed by atoms with E-state index in [1.165, 1.54) is 0 Å². The molecule has 1 aliphatic heterocycles.